The van der Waals surface area contributed by atoms with Gasteiger partial charge in [-0.05, 0) is 29.8 Å². The molecular formula is C17H20N2O4. The maximum Gasteiger partial charge on any atom is 0.319 e. The number of carbonyl (C=O) groups is 1. The number of hydrogen-bond donors (Lipinski definition) is 2. The second-order valence-electron chi connectivity index (χ2n) is 4.73. The van der Waals surface area contributed by atoms with E-state index in [0.29, 0.717) is 29.5 Å². The van der Waals surface area contributed by atoms with Gasteiger partial charge < -0.3 is 24.8 Å². The predicted octanol–water partition coefficient (Wildman–Crippen LogP) is 3.03. The van der Waals surface area contributed by atoms with Crippen LogP contribution in [0.2, 0.25) is 0 Å². The van der Waals surface area contributed by atoms with E-state index in [1.165, 1.54) is 0 Å². The van der Waals surface area contributed by atoms with Crippen LogP contribution in [0, 0.1) is 0 Å². The molecule has 0 spiro atoms. The van der Waals surface area contributed by atoms with Gasteiger partial charge in [-0.25, -0.2) is 4.79 Å². The highest BCUT2D eigenvalue weighted by atomic mass is 16.5. The number of hydrogen-bond acceptors (Lipinski definition) is 4. The minimum Gasteiger partial charge on any atom is -0.497 e. The maximum atomic E-state index is 12.0. The first-order valence-electron chi connectivity index (χ1n) is 7.06. The van der Waals surface area contributed by atoms with E-state index in [2.05, 4.69) is 10.6 Å². The minimum atomic E-state index is -0.323. The molecular weight excluding hydrogens is 296 g/mol. The van der Waals surface area contributed by atoms with Crippen molar-refractivity contribution in [1.82, 2.24) is 5.32 Å². The van der Waals surface area contributed by atoms with Crippen molar-refractivity contribution >= 4 is 11.7 Å². The zero-order valence-corrected chi connectivity index (χ0v) is 13.4. The average Bonchev–Trinajstić information content (AvgIpc) is 2.60. The van der Waals surface area contributed by atoms with Gasteiger partial charge in [0.1, 0.15) is 17.2 Å². The van der Waals surface area contributed by atoms with Gasteiger partial charge in [0.05, 0.1) is 27.0 Å². The zero-order chi connectivity index (χ0) is 16.7. The molecule has 0 bridgehead atoms. The van der Waals surface area contributed by atoms with E-state index < -0.39 is 0 Å². The molecule has 122 valence electrons. The summed E-state index contributed by atoms with van der Waals surface area (Å²) in [5, 5.41) is 5.54. The maximum absolute atomic E-state index is 12.0. The van der Waals surface area contributed by atoms with Gasteiger partial charge >= 0.3 is 6.03 Å². The van der Waals surface area contributed by atoms with E-state index in [-0.39, 0.29) is 6.03 Å². The van der Waals surface area contributed by atoms with E-state index in [4.69, 9.17) is 14.2 Å². The summed E-state index contributed by atoms with van der Waals surface area (Å²) < 4.78 is 15.6. The Morgan fingerprint density at radius 1 is 0.957 bits per heavy atom. The van der Waals surface area contributed by atoms with Crippen LogP contribution in [0.4, 0.5) is 10.5 Å². The first kappa shape index (κ1) is 16.5. The van der Waals surface area contributed by atoms with Crippen LogP contribution in [0.3, 0.4) is 0 Å². The summed E-state index contributed by atoms with van der Waals surface area (Å²) in [5.41, 5.74) is 1.48. The van der Waals surface area contributed by atoms with E-state index in [0.717, 1.165) is 5.56 Å². The molecule has 2 aromatic carbocycles. The number of benzene rings is 2. The second kappa shape index (κ2) is 7.93. The molecule has 0 unspecified atom stereocenters. The fourth-order valence-corrected chi connectivity index (χ4v) is 2.07. The Balaban J connectivity index is 1.99. The van der Waals surface area contributed by atoms with Crippen LogP contribution < -0.4 is 24.8 Å². The van der Waals surface area contributed by atoms with Crippen molar-refractivity contribution in [3.8, 4) is 17.2 Å². The molecule has 0 radical (unpaired) electrons. The van der Waals surface area contributed by atoms with Crippen molar-refractivity contribution in [2.24, 2.45) is 0 Å². The van der Waals surface area contributed by atoms with Crippen molar-refractivity contribution in [3.63, 3.8) is 0 Å². The lowest BCUT2D eigenvalue weighted by molar-refractivity contribution is 0.251. The quantitative estimate of drug-likeness (QED) is 0.859. The molecule has 0 aliphatic heterocycles. The molecule has 0 saturated heterocycles. The number of anilines is 1. The van der Waals surface area contributed by atoms with Crippen molar-refractivity contribution < 1.29 is 19.0 Å². The van der Waals surface area contributed by atoms with Gasteiger partial charge in [0.2, 0.25) is 0 Å². The SMILES string of the molecule is COc1cc(CNC(=O)Nc2ccccc2OC)cc(OC)c1. The third kappa shape index (κ3) is 4.54. The highest BCUT2D eigenvalue weighted by Gasteiger charge is 2.07. The van der Waals surface area contributed by atoms with Gasteiger partial charge in [-0.15, -0.1) is 0 Å². The molecule has 0 saturated carbocycles. The normalized spacial score (nSPS) is 9.87. The summed E-state index contributed by atoms with van der Waals surface area (Å²) >= 11 is 0. The van der Waals surface area contributed by atoms with Crippen LogP contribution in [0.1, 0.15) is 5.56 Å². The molecule has 0 aliphatic carbocycles. The van der Waals surface area contributed by atoms with Crippen LogP contribution in [-0.2, 0) is 6.54 Å². The van der Waals surface area contributed by atoms with E-state index >= 15 is 0 Å². The van der Waals surface area contributed by atoms with Gasteiger partial charge in [0.15, 0.2) is 0 Å². The molecule has 6 nitrogen and oxygen atoms in total. The van der Waals surface area contributed by atoms with E-state index in [9.17, 15) is 4.79 Å². The second-order valence-corrected chi connectivity index (χ2v) is 4.73. The monoisotopic (exact) mass is 316 g/mol. The summed E-state index contributed by atoms with van der Waals surface area (Å²) in [6.07, 6.45) is 0. The van der Waals surface area contributed by atoms with Crippen LogP contribution in [0.15, 0.2) is 42.5 Å². The molecule has 0 atom stereocenters. The van der Waals surface area contributed by atoms with E-state index in [1.807, 2.05) is 24.3 Å². The number of nitrogens with one attached hydrogen (secondary N) is 2. The highest BCUT2D eigenvalue weighted by Crippen LogP contribution is 2.24. The average molecular weight is 316 g/mol. The van der Waals surface area contributed by atoms with Crippen molar-refractivity contribution in [1.29, 1.82) is 0 Å². The third-order valence-corrected chi connectivity index (χ3v) is 3.22. The lowest BCUT2D eigenvalue weighted by Crippen LogP contribution is -2.28. The number of rotatable bonds is 6. The fourth-order valence-electron chi connectivity index (χ4n) is 2.07. The Labute approximate surface area is 135 Å². The lowest BCUT2D eigenvalue weighted by atomic mass is 10.2. The van der Waals surface area contributed by atoms with Crippen LogP contribution >= 0.6 is 0 Å². The minimum absolute atomic E-state index is 0.323. The lowest BCUT2D eigenvalue weighted by Gasteiger charge is -2.12. The largest absolute Gasteiger partial charge is 0.497 e. The number of para-hydroxylation sites is 2. The van der Waals surface area contributed by atoms with Gasteiger partial charge in [-0.2, -0.15) is 0 Å². The van der Waals surface area contributed by atoms with Crippen molar-refractivity contribution in [2.75, 3.05) is 26.6 Å². The first-order valence-corrected chi connectivity index (χ1v) is 7.06. The van der Waals surface area contributed by atoms with Gasteiger partial charge in [0.25, 0.3) is 0 Å². The summed E-state index contributed by atoms with van der Waals surface area (Å²) in [6.45, 7) is 0.342. The number of amides is 2. The van der Waals surface area contributed by atoms with Crippen LogP contribution in [-0.4, -0.2) is 27.4 Å². The standard InChI is InChI=1S/C17H20N2O4/c1-21-13-8-12(9-14(10-13)22-2)11-18-17(20)19-15-6-4-5-7-16(15)23-3/h4-10H,11H2,1-3H3,(H2,18,19,20). The molecule has 2 rings (SSSR count). The van der Waals surface area contributed by atoms with Crippen molar-refractivity contribution in [3.05, 3.63) is 48.0 Å². The third-order valence-electron chi connectivity index (χ3n) is 3.22. The fraction of sp³-hybridized carbons (Fsp3) is 0.235. The molecule has 0 aromatic heterocycles. The Bertz CT molecular complexity index is 651. The number of urea groups is 1. The van der Waals surface area contributed by atoms with Gasteiger partial charge in [0, 0.05) is 12.6 Å². The predicted molar refractivity (Wildman–Crippen MR) is 88.4 cm³/mol. The summed E-state index contributed by atoms with van der Waals surface area (Å²) in [6, 6.07) is 12.3. The number of carbonyl (C=O) groups excluding carboxylic acids is 1. The Morgan fingerprint density at radius 2 is 1.61 bits per heavy atom. The molecule has 0 fully saturated rings. The smallest absolute Gasteiger partial charge is 0.319 e. The molecule has 0 heterocycles. The molecule has 2 N–H and O–H groups in total. The topological polar surface area (TPSA) is 68.8 Å². The highest BCUT2D eigenvalue weighted by molar-refractivity contribution is 5.90. The Kier molecular flexibility index (Phi) is 5.68. The zero-order valence-electron chi connectivity index (χ0n) is 13.4. The van der Waals surface area contributed by atoms with Crippen LogP contribution in [0.25, 0.3) is 0 Å². The van der Waals surface area contributed by atoms with Crippen molar-refractivity contribution in [2.45, 2.75) is 6.54 Å². The molecule has 0 aliphatic rings. The van der Waals surface area contributed by atoms with Crippen LogP contribution in [0.5, 0.6) is 17.2 Å². The molecule has 23 heavy (non-hydrogen) atoms. The number of methoxy groups -OCH3 is 3. The summed E-state index contributed by atoms with van der Waals surface area (Å²) in [4.78, 5) is 12.0. The Morgan fingerprint density at radius 3 is 2.22 bits per heavy atom. The molecule has 2 aromatic rings. The Hall–Kier alpha value is -2.89. The van der Waals surface area contributed by atoms with Gasteiger partial charge in [-0.1, -0.05) is 12.1 Å². The summed E-state index contributed by atoms with van der Waals surface area (Å²) in [5.74, 6) is 1.95. The molecule has 6 heteroatoms. The molecule has 2 amide bonds. The van der Waals surface area contributed by atoms with Gasteiger partial charge in [-0.3, -0.25) is 0 Å². The summed E-state index contributed by atoms with van der Waals surface area (Å²) in [7, 11) is 4.72. The number of ether oxygens (including phenoxy) is 3. The first-order chi connectivity index (χ1) is 11.2. The van der Waals surface area contributed by atoms with E-state index in [1.54, 1.807) is 39.5 Å².